The summed E-state index contributed by atoms with van der Waals surface area (Å²) in [6.07, 6.45) is 14.5. The molecule has 162 valence electrons. The van der Waals surface area contributed by atoms with Crippen LogP contribution in [0.4, 0.5) is 5.69 Å². The molecular weight excluding hydrogens is 454 g/mol. The number of aliphatic imine (C=N–C) groups is 1. The number of thiocarbonyl (C=S) groups is 1. The molecule has 0 radical (unpaired) electrons. The molecule has 1 aromatic carbocycles. The van der Waals surface area contributed by atoms with Crippen molar-refractivity contribution in [2.24, 2.45) is 4.99 Å². The lowest BCUT2D eigenvalue weighted by atomic mass is 10.1. The number of pyridine rings is 1. The van der Waals surface area contributed by atoms with Gasteiger partial charge in [0.15, 0.2) is 12.4 Å². The summed E-state index contributed by atoms with van der Waals surface area (Å²) >= 11 is 4.59. The molecule has 5 heteroatoms. The van der Waals surface area contributed by atoms with Crippen LogP contribution in [0.15, 0.2) is 53.8 Å². The van der Waals surface area contributed by atoms with Crippen LogP contribution in [0.5, 0.6) is 0 Å². The van der Waals surface area contributed by atoms with Crippen LogP contribution in [0.25, 0.3) is 12.2 Å². The van der Waals surface area contributed by atoms with Crippen molar-refractivity contribution in [3.8, 4) is 0 Å². The summed E-state index contributed by atoms with van der Waals surface area (Å²) < 4.78 is 2.17. The Morgan fingerprint density at radius 2 is 1.47 bits per heavy atom. The molecule has 0 bridgehead atoms. The second kappa shape index (κ2) is 16.0. The van der Waals surface area contributed by atoms with E-state index in [9.17, 15) is 0 Å². The second-order valence-electron chi connectivity index (χ2n) is 7.31. The minimum atomic E-state index is 0. The number of unbranched alkanes of at least 4 members (excludes halogenated alkanes) is 2. The number of isothiocyanates is 1. The average molecular weight is 489 g/mol. The molecule has 1 heterocycles. The van der Waals surface area contributed by atoms with Crippen molar-refractivity contribution < 1.29 is 21.5 Å². The van der Waals surface area contributed by atoms with E-state index in [0.29, 0.717) is 0 Å². The third-order valence-electron chi connectivity index (χ3n) is 4.96. The molecule has 0 aliphatic carbocycles. The van der Waals surface area contributed by atoms with Gasteiger partial charge in [-0.2, -0.15) is 0 Å². The number of anilines is 1. The fourth-order valence-electron chi connectivity index (χ4n) is 3.16. The molecule has 1 aromatic heterocycles. The smallest absolute Gasteiger partial charge is 0.169 e. The van der Waals surface area contributed by atoms with Crippen LogP contribution < -0.4 is 26.4 Å². The van der Waals surface area contributed by atoms with Crippen LogP contribution in [-0.4, -0.2) is 24.8 Å². The van der Waals surface area contributed by atoms with E-state index in [-0.39, 0.29) is 17.0 Å². The summed E-state index contributed by atoms with van der Waals surface area (Å²) in [6.45, 7) is 8.49. The molecule has 0 atom stereocenters. The monoisotopic (exact) mass is 487 g/mol. The van der Waals surface area contributed by atoms with Gasteiger partial charge in [-0.15, -0.1) is 0 Å². The second-order valence-corrected chi connectivity index (χ2v) is 7.50. The first kappa shape index (κ1) is 26.2. The van der Waals surface area contributed by atoms with Crippen molar-refractivity contribution in [1.82, 2.24) is 0 Å². The molecule has 0 aliphatic rings. The standard InChI is InChI=1S/C25H34N3S.BrH/c1-3-5-18-28(19-6-4-2)25-12-10-23(11-13-25)8-9-24-14-20-27(21-15-24)17-7-16-26-22-29;/h8-15,20-21H,3-7,16-19H2,1-2H3;1H/q+1;/p-1. The summed E-state index contributed by atoms with van der Waals surface area (Å²) in [6, 6.07) is 13.2. The van der Waals surface area contributed by atoms with E-state index < -0.39 is 0 Å². The number of nitrogens with zero attached hydrogens (tertiary/aromatic N) is 3. The van der Waals surface area contributed by atoms with Gasteiger partial charge in [-0.3, -0.25) is 0 Å². The van der Waals surface area contributed by atoms with Gasteiger partial charge in [0.25, 0.3) is 0 Å². The predicted molar refractivity (Wildman–Crippen MR) is 129 cm³/mol. The number of aryl methyl sites for hydroxylation is 1. The molecule has 0 fully saturated rings. The molecule has 3 nitrogen and oxygen atoms in total. The van der Waals surface area contributed by atoms with Crippen LogP contribution >= 0.6 is 12.2 Å². The van der Waals surface area contributed by atoms with Crippen molar-refractivity contribution in [3.63, 3.8) is 0 Å². The van der Waals surface area contributed by atoms with E-state index in [4.69, 9.17) is 0 Å². The van der Waals surface area contributed by atoms with Crippen molar-refractivity contribution >= 4 is 35.2 Å². The quantitative estimate of drug-likeness (QED) is 0.187. The van der Waals surface area contributed by atoms with Gasteiger partial charge in [0.05, 0.1) is 11.7 Å². The average Bonchev–Trinajstić information content (AvgIpc) is 2.77. The maximum absolute atomic E-state index is 4.59. The number of aromatic nitrogens is 1. The Labute approximate surface area is 198 Å². The predicted octanol–water partition coefficient (Wildman–Crippen LogP) is 3.05. The molecule has 0 unspecified atom stereocenters. The van der Waals surface area contributed by atoms with E-state index >= 15 is 0 Å². The van der Waals surface area contributed by atoms with Crippen LogP contribution in [0.3, 0.4) is 0 Å². The SMILES string of the molecule is CCCCN(CCCC)c1ccc(/C=C/c2cc[n+](CCCN=C=S)cc2)cc1.[Br-]. The van der Waals surface area contributed by atoms with Crippen molar-refractivity contribution in [2.75, 3.05) is 24.5 Å². The van der Waals surface area contributed by atoms with Gasteiger partial charge >= 0.3 is 0 Å². The largest absolute Gasteiger partial charge is 1.00 e. The number of hydrogen-bond donors (Lipinski definition) is 0. The number of benzene rings is 1. The molecule has 0 amide bonds. The van der Waals surface area contributed by atoms with E-state index in [1.165, 1.54) is 42.5 Å². The van der Waals surface area contributed by atoms with E-state index in [1.807, 2.05) is 0 Å². The lowest BCUT2D eigenvalue weighted by molar-refractivity contribution is -0.697. The molecule has 2 rings (SSSR count). The van der Waals surface area contributed by atoms with Crippen molar-refractivity contribution in [2.45, 2.75) is 52.5 Å². The molecule has 0 saturated carbocycles. The third kappa shape index (κ3) is 9.80. The van der Waals surface area contributed by atoms with Gasteiger partial charge in [0.2, 0.25) is 0 Å². The molecule has 30 heavy (non-hydrogen) atoms. The highest BCUT2D eigenvalue weighted by Crippen LogP contribution is 2.18. The number of rotatable bonds is 13. The first-order valence-corrected chi connectivity index (χ1v) is 11.2. The fourth-order valence-corrected chi connectivity index (χ4v) is 3.25. The van der Waals surface area contributed by atoms with Gasteiger partial charge in [-0.25, -0.2) is 9.56 Å². The summed E-state index contributed by atoms with van der Waals surface area (Å²) in [5.41, 5.74) is 3.77. The van der Waals surface area contributed by atoms with Gasteiger partial charge in [-0.05, 0) is 48.3 Å². The summed E-state index contributed by atoms with van der Waals surface area (Å²) in [4.78, 5) is 6.47. The normalized spacial score (nSPS) is 10.5. The highest BCUT2D eigenvalue weighted by molar-refractivity contribution is 7.78. The topological polar surface area (TPSA) is 19.5 Å². The summed E-state index contributed by atoms with van der Waals surface area (Å²) in [5.74, 6) is 0. The van der Waals surface area contributed by atoms with Gasteiger partial charge in [0.1, 0.15) is 6.54 Å². The van der Waals surface area contributed by atoms with Crippen LogP contribution in [0.2, 0.25) is 0 Å². The number of hydrogen-bond acceptors (Lipinski definition) is 3. The Bertz CT molecular complexity index is 773. The number of halogens is 1. The highest BCUT2D eigenvalue weighted by Gasteiger charge is 2.05. The Balaban J connectivity index is 0.00000450. The van der Waals surface area contributed by atoms with Crippen molar-refractivity contribution in [3.05, 3.63) is 59.9 Å². The molecule has 0 N–H and O–H groups in total. The lowest BCUT2D eigenvalue weighted by Crippen LogP contribution is -3.00. The molecule has 2 aromatic rings. The third-order valence-corrected chi connectivity index (χ3v) is 5.09. The Morgan fingerprint density at radius 1 is 0.900 bits per heavy atom. The van der Waals surface area contributed by atoms with Gasteiger partial charge in [0, 0.05) is 37.3 Å². The lowest BCUT2D eigenvalue weighted by Gasteiger charge is -2.24. The highest BCUT2D eigenvalue weighted by atomic mass is 79.9. The zero-order chi connectivity index (χ0) is 20.7. The minimum absolute atomic E-state index is 0. The van der Waals surface area contributed by atoms with Crippen LogP contribution in [-0.2, 0) is 6.54 Å². The first-order chi connectivity index (χ1) is 14.3. The van der Waals surface area contributed by atoms with Gasteiger partial charge < -0.3 is 21.9 Å². The molecule has 0 spiro atoms. The maximum Gasteiger partial charge on any atom is 0.169 e. The zero-order valence-electron chi connectivity index (χ0n) is 18.3. The molecular formula is C25H34BrN3S. The minimum Gasteiger partial charge on any atom is -1.00 e. The van der Waals surface area contributed by atoms with E-state index in [1.54, 1.807) is 0 Å². The molecule has 0 aliphatic heterocycles. The first-order valence-electron chi connectivity index (χ1n) is 10.8. The maximum atomic E-state index is 4.59. The molecule has 0 saturated heterocycles. The Kier molecular flexibility index (Phi) is 13.9. The van der Waals surface area contributed by atoms with Crippen LogP contribution in [0.1, 0.15) is 57.1 Å². The Hall–Kier alpha value is -1.81. The van der Waals surface area contributed by atoms with E-state index in [2.05, 4.69) is 107 Å². The van der Waals surface area contributed by atoms with Crippen molar-refractivity contribution in [1.29, 1.82) is 0 Å². The fraction of sp³-hybridized carbons (Fsp3) is 0.440. The summed E-state index contributed by atoms with van der Waals surface area (Å²) in [5, 5.41) is 2.41. The Morgan fingerprint density at radius 3 is 2.00 bits per heavy atom. The summed E-state index contributed by atoms with van der Waals surface area (Å²) in [7, 11) is 0. The van der Waals surface area contributed by atoms with E-state index in [0.717, 1.165) is 32.6 Å². The zero-order valence-corrected chi connectivity index (χ0v) is 20.7. The van der Waals surface area contributed by atoms with Crippen LogP contribution in [0, 0.1) is 0 Å². The van der Waals surface area contributed by atoms with Gasteiger partial charge in [-0.1, -0.05) is 51.0 Å².